The second-order valence-electron chi connectivity index (χ2n) is 7.13. The number of methoxy groups -OCH3 is 2. The molecule has 0 heterocycles. The maximum atomic E-state index is 13.1. The number of likely N-dealkylation sites (N-methyl/N-ethyl adjacent to an activating group) is 1. The maximum Gasteiger partial charge on any atom is 0.263 e. The van der Waals surface area contributed by atoms with Gasteiger partial charge in [-0.1, -0.05) is 23.2 Å². The predicted octanol–water partition coefficient (Wildman–Crippen LogP) is 4.23. The fraction of sp³-hybridized carbons (Fsp3) is 0.400. The highest BCUT2D eigenvalue weighted by molar-refractivity contribution is 7.92. The molecule has 1 aliphatic carbocycles. The molecule has 0 radical (unpaired) electrons. The highest BCUT2D eigenvalue weighted by Gasteiger charge is 2.28. The second kappa shape index (κ2) is 8.60. The van der Waals surface area contributed by atoms with Crippen LogP contribution in [0.2, 0.25) is 10.0 Å². The number of ether oxygens (including phenoxy) is 2. The fourth-order valence-electron chi connectivity index (χ4n) is 3.64. The van der Waals surface area contributed by atoms with Gasteiger partial charge in [0.15, 0.2) is 0 Å². The van der Waals surface area contributed by atoms with Gasteiger partial charge in [-0.2, -0.15) is 0 Å². The molecule has 0 bridgehead atoms. The van der Waals surface area contributed by atoms with Crippen LogP contribution in [-0.4, -0.2) is 47.7 Å². The Morgan fingerprint density at radius 1 is 1.00 bits per heavy atom. The monoisotopic (exact) mass is 458 g/mol. The fourth-order valence-corrected chi connectivity index (χ4v) is 5.57. The van der Waals surface area contributed by atoms with Crippen molar-refractivity contribution in [2.75, 3.05) is 33.0 Å². The van der Waals surface area contributed by atoms with Crippen LogP contribution in [0.1, 0.15) is 17.5 Å². The Bertz CT molecular complexity index is 1030. The zero-order valence-electron chi connectivity index (χ0n) is 16.8. The van der Waals surface area contributed by atoms with E-state index in [1.165, 1.54) is 19.2 Å². The van der Waals surface area contributed by atoms with Crippen molar-refractivity contribution in [2.24, 2.45) is 0 Å². The first-order chi connectivity index (χ1) is 13.7. The van der Waals surface area contributed by atoms with Crippen molar-refractivity contribution in [2.45, 2.75) is 30.2 Å². The number of sulfonamides is 1. The molecule has 2 aromatic rings. The molecule has 29 heavy (non-hydrogen) atoms. The van der Waals surface area contributed by atoms with Crippen LogP contribution in [0.15, 0.2) is 29.2 Å². The van der Waals surface area contributed by atoms with Gasteiger partial charge in [-0.05, 0) is 63.2 Å². The zero-order valence-corrected chi connectivity index (χ0v) is 19.1. The summed E-state index contributed by atoms with van der Waals surface area (Å²) in [6.45, 7) is 0. The number of nitrogens with zero attached hydrogens (tertiary/aromatic N) is 1. The van der Waals surface area contributed by atoms with Gasteiger partial charge in [0.2, 0.25) is 0 Å². The van der Waals surface area contributed by atoms with Gasteiger partial charge < -0.3 is 14.4 Å². The van der Waals surface area contributed by atoms with Crippen LogP contribution in [0.4, 0.5) is 5.69 Å². The topological polar surface area (TPSA) is 67.9 Å². The minimum Gasteiger partial charge on any atom is -0.496 e. The lowest BCUT2D eigenvalue weighted by molar-refractivity contribution is 0.265. The Kier molecular flexibility index (Phi) is 6.53. The van der Waals surface area contributed by atoms with E-state index in [0.29, 0.717) is 17.5 Å². The SMILES string of the molecule is COc1ccc(S(=O)(=O)Nc2ccc(OC)c3c2CC[C@H](N(C)C)C3)c(Cl)c1Cl. The molecule has 2 aromatic carbocycles. The minimum absolute atomic E-state index is 0.0580. The predicted molar refractivity (Wildman–Crippen MR) is 116 cm³/mol. The third kappa shape index (κ3) is 4.28. The Morgan fingerprint density at radius 2 is 1.66 bits per heavy atom. The summed E-state index contributed by atoms with van der Waals surface area (Å²) in [6.07, 6.45) is 2.46. The van der Waals surface area contributed by atoms with Crippen LogP contribution in [-0.2, 0) is 22.9 Å². The second-order valence-corrected chi connectivity index (χ2v) is 9.54. The summed E-state index contributed by atoms with van der Waals surface area (Å²) in [7, 11) is 3.21. The van der Waals surface area contributed by atoms with Gasteiger partial charge in [0.25, 0.3) is 10.0 Å². The molecule has 3 rings (SSSR count). The Hall–Kier alpha value is -1.67. The molecule has 1 aliphatic rings. The van der Waals surface area contributed by atoms with Crippen molar-refractivity contribution in [3.8, 4) is 11.5 Å². The van der Waals surface area contributed by atoms with E-state index < -0.39 is 10.0 Å². The largest absolute Gasteiger partial charge is 0.496 e. The van der Waals surface area contributed by atoms with Gasteiger partial charge in [-0.15, -0.1) is 0 Å². The van der Waals surface area contributed by atoms with Gasteiger partial charge >= 0.3 is 0 Å². The Balaban J connectivity index is 2.01. The molecular formula is C20H24Cl2N2O4S. The van der Waals surface area contributed by atoms with Crippen molar-refractivity contribution in [3.63, 3.8) is 0 Å². The number of halogens is 2. The highest BCUT2D eigenvalue weighted by Crippen LogP contribution is 2.39. The summed E-state index contributed by atoms with van der Waals surface area (Å²) < 4.78 is 39.4. The number of hydrogen-bond acceptors (Lipinski definition) is 5. The van der Waals surface area contributed by atoms with E-state index >= 15 is 0 Å². The van der Waals surface area contributed by atoms with E-state index in [-0.39, 0.29) is 14.9 Å². The van der Waals surface area contributed by atoms with Crippen LogP contribution in [0, 0.1) is 0 Å². The highest BCUT2D eigenvalue weighted by atomic mass is 35.5. The van der Waals surface area contributed by atoms with Gasteiger partial charge in [0.1, 0.15) is 21.4 Å². The van der Waals surface area contributed by atoms with Crippen LogP contribution in [0.25, 0.3) is 0 Å². The summed E-state index contributed by atoms with van der Waals surface area (Å²) in [4.78, 5) is 2.08. The summed E-state index contributed by atoms with van der Waals surface area (Å²) in [6, 6.07) is 6.75. The molecule has 6 nitrogen and oxygen atoms in total. The molecule has 0 aromatic heterocycles. The lowest BCUT2D eigenvalue weighted by Crippen LogP contribution is -2.34. The lowest BCUT2D eigenvalue weighted by Gasteiger charge is -2.32. The number of nitrogens with one attached hydrogen (secondary N) is 1. The molecule has 0 saturated carbocycles. The van der Waals surface area contributed by atoms with E-state index in [0.717, 1.165) is 36.1 Å². The lowest BCUT2D eigenvalue weighted by atomic mass is 9.86. The van der Waals surface area contributed by atoms with Crippen molar-refractivity contribution in [1.29, 1.82) is 0 Å². The molecule has 9 heteroatoms. The van der Waals surface area contributed by atoms with Gasteiger partial charge in [-0.3, -0.25) is 4.72 Å². The van der Waals surface area contributed by atoms with Crippen molar-refractivity contribution in [1.82, 2.24) is 4.90 Å². The molecule has 0 fully saturated rings. The van der Waals surface area contributed by atoms with Gasteiger partial charge in [0, 0.05) is 11.6 Å². The average Bonchev–Trinajstić information content (AvgIpc) is 2.69. The summed E-state index contributed by atoms with van der Waals surface area (Å²) in [5.74, 6) is 1.08. The third-order valence-electron chi connectivity index (χ3n) is 5.27. The molecule has 1 atom stereocenters. The first-order valence-electron chi connectivity index (χ1n) is 9.09. The van der Waals surface area contributed by atoms with E-state index in [1.54, 1.807) is 19.2 Å². The summed E-state index contributed by atoms with van der Waals surface area (Å²) in [5, 5.41) is -0.0174. The smallest absolute Gasteiger partial charge is 0.263 e. The van der Waals surface area contributed by atoms with Crippen molar-refractivity contribution >= 4 is 38.9 Å². The van der Waals surface area contributed by atoms with Crippen molar-refractivity contribution in [3.05, 3.63) is 45.4 Å². The van der Waals surface area contributed by atoms with E-state index in [9.17, 15) is 8.42 Å². The molecule has 0 aliphatic heterocycles. The number of benzene rings is 2. The molecule has 0 spiro atoms. The van der Waals surface area contributed by atoms with E-state index in [1.807, 2.05) is 14.1 Å². The molecule has 0 saturated heterocycles. The minimum atomic E-state index is -3.95. The third-order valence-corrected chi connectivity index (χ3v) is 7.66. The molecule has 0 unspecified atom stereocenters. The summed E-state index contributed by atoms with van der Waals surface area (Å²) in [5.41, 5.74) is 2.50. The van der Waals surface area contributed by atoms with Crippen LogP contribution in [0.3, 0.4) is 0 Å². The normalized spacial score (nSPS) is 16.4. The first-order valence-corrected chi connectivity index (χ1v) is 11.3. The maximum absolute atomic E-state index is 13.1. The molecular weight excluding hydrogens is 435 g/mol. The quantitative estimate of drug-likeness (QED) is 0.701. The summed E-state index contributed by atoms with van der Waals surface area (Å²) >= 11 is 12.4. The average molecular weight is 459 g/mol. The first kappa shape index (κ1) is 22.0. The molecule has 0 amide bonds. The molecule has 158 valence electrons. The molecule has 1 N–H and O–H groups in total. The van der Waals surface area contributed by atoms with Crippen LogP contribution >= 0.6 is 23.2 Å². The Labute approximate surface area is 181 Å². The Morgan fingerprint density at radius 3 is 2.28 bits per heavy atom. The number of rotatable bonds is 6. The van der Waals surface area contributed by atoms with E-state index in [2.05, 4.69) is 9.62 Å². The van der Waals surface area contributed by atoms with Crippen LogP contribution < -0.4 is 14.2 Å². The van der Waals surface area contributed by atoms with Gasteiger partial charge in [-0.25, -0.2) is 8.42 Å². The van der Waals surface area contributed by atoms with Crippen LogP contribution in [0.5, 0.6) is 11.5 Å². The number of fused-ring (bicyclic) bond motifs is 1. The zero-order chi connectivity index (χ0) is 21.3. The van der Waals surface area contributed by atoms with Gasteiger partial charge in [0.05, 0.1) is 24.9 Å². The number of hydrogen-bond donors (Lipinski definition) is 1. The van der Waals surface area contributed by atoms with E-state index in [4.69, 9.17) is 32.7 Å². The number of anilines is 1. The van der Waals surface area contributed by atoms with Crippen molar-refractivity contribution < 1.29 is 17.9 Å². The standard InChI is InChI=1S/C20H24Cl2N2O4S/c1-24(2)12-5-6-13-14(11-12)16(27-3)8-7-15(13)23-29(25,26)18-10-9-17(28-4)19(21)20(18)22/h7-10,12,23H,5-6,11H2,1-4H3/t12-/m0/s1.